The lowest BCUT2D eigenvalue weighted by Crippen LogP contribution is -2.05. The molecule has 0 spiro atoms. The number of hydrogen-bond acceptors (Lipinski definition) is 6. The molecule has 6 heteroatoms. The van der Waals surface area contributed by atoms with Crippen LogP contribution in [0.3, 0.4) is 0 Å². The molecule has 0 bridgehead atoms. The predicted octanol–water partition coefficient (Wildman–Crippen LogP) is 1.45. The number of nitrogens with zero attached hydrogens (tertiary/aromatic N) is 2. The number of carbonyl (C=O) groups is 1. The van der Waals surface area contributed by atoms with Crippen LogP contribution < -0.4 is 5.73 Å². The summed E-state index contributed by atoms with van der Waals surface area (Å²) in [5.74, 6) is -0.0745. The normalized spacial score (nSPS) is 10.5. The van der Waals surface area contributed by atoms with E-state index in [1.165, 1.54) is 17.7 Å². The maximum Gasteiger partial charge on any atom is 0.339 e. The number of hydrogen-bond donors (Lipinski definition) is 1. The Kier molecular flexibility index (Phi) is 2.51. The van der Waals surface area contributed by atoms with Gasteiger partial charge in [-0.3, -0.25) is 0 Å². The number of anilines is 1. The number of esters is 1. The highest BCUT2D eigenvalue weighted by molar-refractivity contribution is 7.17. The minimum atomic E-state index is -0.384. The predicted molar refractivity (Wildman–Crippen MR) is 57.8 cm³/mol. The smallest absolute Gasteiger partial charge is 0.339 e. The number of thiophene rings is 1. The van der Waals surface area contributed by atoms with E-state index in [1.807, 2.05) is 0 Å². The molecular weight excluding hydrogens is 214 g/mol. The quantitative estimate of drug-likeness (QED) is 0.779. The van der Waals surface area contributed by atoms with Gasteiger partial charge >= 0.3 is 5.97 Å². The Balaban J connectivity index is 2.57. The summed E-state index contributed by atoms with van der Waals surface area (Å²) in [7, 11) is 0. The summed E-state index contributed by atoms with van der Waals surface area (Å²) in [5.41, 5.74) is 6.12. The maximum absolute atomic E-state index is 11.5. The molecule has 5 nitrogen and oxygen atoms in total. The Hall–Kier alpha value is -1.69. The Labute approximate surface area is 89.9 Å². The third-order valence-corrected chi connectivity index (χ3v) is 2.78. The summed E-state index contributed by atoms with van der Waals surface area (Å²) in [6, 6.07) is 0. The van der Waals surface area contributed by atoms with Crippen molar-refractivity contribution in [3.05, 3.63) is 17.3 Å². The van der Waals surface area contributed by atoms with Gasteiger partial charge in [-0.15, -0.1) is 11.3 Å². The molecule has 0 saturated carbocycles. The van der Waals surface area contributed by atoms with Crippen LogP contribution in [-0.4, -0.2) is 22.5 Å². The van der Waals surface area contributed by atoms with Gasteiger partial charge in [-0.2, -0.15) is 0 Å². The van der Waals surface area contributed by atoms with Gasteiger partial charge in [-0.1, -0.05) is 0 Å². The van der Waals surface area contributed by atoms with Gasteiger partial charge in [0.1, 0.15) is 17.0 Å². The number of nitrogens with two attached hydrogens (primary N) is 1. The average molecular weight is 223 g/mol. The summed E-state index contributed by atoms with van der Waals surface area (Å²) in [6.07, 6.45) is 1.38. The number of ether oxygens (including phenoxy) is 1. The van der Waals surface area contributed by atoms with E-state index in [1.54, 1.807) is 12.3 Å². The molecule has 0 aliphatic rings. The van der Waals surface area contributed by atoms with Crippen molar-refractivity contribution in [2.45, 2.75) is 6.92 Å². The van der Waals surface area contributed by atoms with E-state index in [2.05, 4.69) is 9.97 Å². The summed E-state index contributed by atoms with van der Waals surface area (Å²) in [6.45, 7) is 2.09. The molecule has 2 aromatic rings. The van der Waals surface area contributed by atoms with Crippen molar-refractivity contribution in [3.63, 3.8) is 0 Å². The van der Waals surface area contributed by atoms with Crippen molar-refractivity contribution in [3.8, 4) is 0 Å². The van der Waals surface area contributed by atoms with Gasteiger partial charge in [0.25, 0.3) is 0 Å². The molecule has 2 aromatic heterocycles. The molecular formula is C9H9N3O2S. The van der Waals surface area contributed by atoms with Crippen LogP contribution in [0.4, 0.5) is 5.82 Å². The van der Waals surface area contributed by atoms with Gasteiger partial charge < -0.3 is 10.5 Å². The summed E-state index contributed by atoms with van der Waals surface area (Å²) >= 11 is 1.35. The van der Waals surface area contributed by atoms with Gasteiger partial charge in [0.05, 0.1) is 17.6 Å². The van der Waals surface area contributed by atoms with Gasteiger partial charge in [0, 0.05) is 5.38 Å². The molecule has 0 atom stereocenters. The summed E-state index contributed by atoms with van der Waals surface area (Å²) < 4.78 is 4.91. The van der Waals surface area contributed by atoms with Crippen molar-refractivity contribution in [2.75, 3.05) is 12.3 Å². The van der Waals surface area contributed by atoms with E-state index in [0.717, 1.165) is 0 Å². The van der Waals surface area contributed by atoms with Crippen LogP contribution in [0.5, 0.6) is 0 Å². The van der Waals surface area contributed by atoms with Crippen LogP contribution in [0.2, 0.25) is 0 Å². The number of carbonyl (C=O) groups excluding carboxylic acids is 1. The van der Waals surface area contributed by atoms with Crippen molar-refractivity contribution in [1.82, 2.24) is 9.97 Å². The van der Waals surface area contributed by atoms with E-state index in [0.29, 0.717) is 28.2 Å². The minimum Gasteiger partial charge on any atom is -0.462 e. The minimum absolute atomic E-state index is 0.310. The zero-order chi connectivity index (χ0) is 10.8. The molecule has 2 N–H and O–H groups in total. The second-order valence-corrected chi connectivity index (χ2v) is 3.67. The van der Waals surface area contributed by atoms with Crippen LogP contribution in [0.15, 0.2) is 11.7 Å². The average Bonchev–Trinajstić information content (AvgIpc) is 2.63. The van der Waals surface area contributed by atoms with Crippen molar-refractivity contribution in [2.24, 2.45) is 0 Å². The number of rotatable bonds is 2. The van der Waals surface area contributed by atoms with Crippen molar-refractivity contribution < 1.29 is 9.53 Å². The van der Waals surface area contributed by atoms with Gasteiger partial charge in [0.15, 0.2) is 0 Å². The molecule has 15 heavy (non-hydrogen) atoms. The Bertz CT molecular complexity index is 509. The summed E-state index contributed by atoms with van der Waals surface area (Å²) in [5, 5.41) is 2.27. The molecule has 78 valence electrons. The van der Waals surface area contributed by atoms with Crippen molar-refractivity contribution in [1.29, 1.82) is 0 Å². The zero-order valence-corrected chi connectivity index (χ0v) is 8.87. The monoisotopic (exact) mass is 223 g/mol. The molecule has 0 aliphatic heterocycles. The SMILES string of the molecule is CCOC(=O)c1csc2ncnc(N)c12. The van der Waals surface area contributed by atoms with Gasteiger partial charge in [0.2, 0.25) is 0 Å². The largest absolute Gasteiger partial charge is 0.462 e. The lowest BCUT2D eigenvalue weighted by atomic mass is 10.2. The first-order valence-electron chi connectivity index (χ1n) is 4.38. The molecule has 0 amide bonds. The Morgan fingerprint density at radius 3 is 3.13 bits per heavy atom. The van der Waals surface area contributed by atoms with E-state index in [4.69, 9.17) is 10.5 Å². The number of nitrogen functional groups attached to an aromatic ring is 1. The standard InChI is InChI=1S/C9H9N3O2S/c1-2-14-9(13)5-3-15-8-6(5)7(10)11-4-12-8/h3-4H,2H2,1H3,(H2,10,11,12). The van der Waals surface area contributed by atoms with Gasteiger partial charge in [-0.25, -0.2) is 14.8 Å². The second kappa shape index (κ2) is 3.82. The van der Waals surface area contributed by atoms with E-state index in [-0.39, 0.29) is 5.97 Å². The molecule has 0 saturated heterocycles. The highest BCUT2D eigenvalue weighted by Crippen LogP contribution is 2.27. The molecule has 0 aromatic carbocycles. The van der Waals surface area contributed by atoms with E-state index in [9.17, 15) is 4.79 Å². The molecule has 2 rings (SSSR count). The summed E-state index contributed by atoms with van der Waals surface area (Å²) in [4.78, 5) is 20.1. The van der Waals surface area contributed by atoms with E-state index < -0.39 is 0 Å². The van der Waals surface area contributed by atoms with E-state index >= 15 is 0 Å². The lowest BCUT2D eigenvalue weighted by Gasteiger charge is -2.00. The molecule has 2 heterocycles. The highest BCUT2D eigenvalue weighted by Gasteiger charge is 2.16. The maximum atomic E-state index is 11.5. The first-order chi connectivity index (χ1) is 7.24. The third-order valence-electron chi connectivity index (χ3n) is 1.89. The van der Waals surface area contributed by atoms with Crippen molar-refractivity contribution >= 4 is 33.3 Å². The molecule has 0 radical (unpaired) electrons. The first kappa shape index (κ1) is 9.85. The number of aromatic nitrogens is 2. The number of fused-ring (bicyclic) bond motifs is 1. The fourth-order valence-corrected chi connectivity index (χ4v) is 2.14. The third kappa shape index (κ3) is 1.63. The Morgan fingerprint density at radius 2 is 2.40 bits per heavy atom. The lowest BCUT2D eigenvalue weighted by molar-refractivity contribution is 0.0529. The van der Waals surface area contributed by atoms with Crippen LogP contribution in [0.25, 0.3) is 10.2 Å². The zero-order valence-electron chi connectivity index (χ0n) is 8.06. The second-order valence-electron chi connectivity index (χ2n) is 2.81. The molecule has 0 fully saturated rings. The van der Waals surface area contributed by atoms with Crippen LogP contribution in [0.1, 0.15) is 17.3 Å². The Morgan fingerprint density at radius 1 is 1.60 bits per heavy atom. The molecule has 0 aliphatic carbocycles. The highest BCUT2D eigenvalue weighted by atomic mass is 32.1. The van der Waals surface area contributed by atoms with Crippen LogP contribution in [0, 0.1) is 0 Å². The first-order valence-corrected chi connectivity index (χ1v) is 5.26. The fourth-order valence-electron chi connectivity index (χ4n) is 1.26. The van der Waals surface area contributed by atoms with Crippen LogP contribution in [-0.2, 0) is 4.74 Å². The molecule has 0 unspecified atom stereocenters. The topological polar surface area (TPSA) is 78.1 Å². The van der Waals surface area contributed by atoms with Gasteiger partial charge in [-0.05, 0) is 6.92 Å². The fraction of sp³-hybridized carbons (Fsp3) is 0.222. The van der Waals surface area contributed by atoms with Crippen LogP contribution >= 0.6 is 11.3 Å².